The minimum absolute atomic E-state index is 0.0411. The van der Waals surface area contributed by atoms with Gasteiger partial charge in [-0.3, -0.25) is 9.89 Å². The summed E-state index contributed by atoms with van der Waals surface area (Å²) in [6, 6.07) is 15.2. The molecule has 1 amide bonds. The van der Waals surface area contributed by atoms with Crippen LogP contribution in [0.1, 0.15) is 17.5 Å². The molecular weight excluding hydrogens is 458 g/mol. The van der Waals surface area contributed by atoms with Crippen LogP contribution in [-0.4, -0.2) is 70.6 Å². The Morgan fingerprint density at radius 1 is 1.00 bits per heavy atom. The topological polar surface area (TPSA) is 99.3 Å². The second-order valence-electron chi connectivity index (χ2n) is 8.19. The lowest BCUT2D eigenvalue weighted by Crippen LogP contribution is -2.51. The van der Waals surface area contributed by atoms with E-state index in [1.165, 1.54) is 21.6 Å². The van der Waals surface area contributed by atoms with Crippen molar-refractivity contribution in [2.75, 3.05) is 31.9 Å². The van der Waals surface area contributed by atoms with Crippen molar-refractivity contribution in [3.8, 4) is 11.4 Å². The van der Waals surface area contributed by atoms with Crippen molar-refractivity contribution >= 4 is 27.7 Å². The fourth-order valence-electron chi connectivity index (χ4n) is 4.29. The minimum atomic E-state index is -3.55. The molecule has 5 rings (SSSR count). The molecule has 2 aromatic carbocycles. The number of nitrogens with zero attached hydrogens (tertiary/aromatic N) is 4. The zero-order valence-electron chi connectivity index (χ0n) is 18.1. The summed E-state index contributed by atoms with van der Waals surface area (Å²) in [5, 5.41) is 7.59. The van der Waals surface area contributed by atoms with Crippen molar-refractivity contribution < 1.29 is 13.2 Å². The molecule has 0 bridgehead atoms. The van der Waals surface area contributed by atoms with Gasteiger partial charge in [-0.15, -0.1) is 5.10 Å². The van der Waals surface area contributed by atoms with Gasteiger partial charge in [0.25, 0.3) is 0 Å². The molecule has 1 aliphatic heterocycles. The average molecular weight is 484 g/mol. The lowest BCUT2D eigenvalue weighted by atomic mass is 10.1. The van der Waals surface area contributed by atoms with Gasteiger partial charge in [0.05, 0.1) is 10.6 Å². The summed E-state index contributed by atoms with van der Waals surface area (Å²) < 4.78 is 27.7. The van der Waals surface area contributed by atoms with E-state index in [2.05, 4.69) is 15.2 Å². The molecule has 1 N–H and O–H groups in total. The third-order valence-electron chi connectivity index (χ3n) is 6.14. The molecule has 33 heavy (non-hydrogen) atoms. The Morgan fingerprint density at radius 3 is 2.55 bits per heavy atom. The van der Waals surface area contributed by atoms with Gasteiger partial charge in [0.1, 0.15) is 0 Å². The molecule has 2 aliphatic rings. The van der Waals surface area contributed by atoms with Crippen molar-refractivity contribution in [1.29, 1.82) is 0 Å². The van der Waals surface area contributed by atoms with Gasteiger partial charge in [0, 0.05) is 31.7 Å². The van der Waals surface area contributed by atoms with E-state index in [-0.39, 0.29) is 11.7 Å². The third kappa shape index (κ3) is 4.68. The number of aromatic nitrogens is 3. The number of hydrogen-bond donors (Lipinski definition) is 1. The van der Waals surface area contributed by atoms with E-state index in [0.717, 1.165) is 30.4 Å². The van der Waals surface area contributed by atoms with E-state index in [4.69, 9.17) is 0 Å². The van der Waals surface area contributed by atoms with Crippen molar-refractivity contribution in [1.82, 2.24) is 24.4 Å². The summed E-state index contributed by atoms with van der Waals surface area (Å²) in [5.41, 5.74) is 3.33. The van der Waals surface area contributed by atoms with Crippen molar-refractivity contribution in [2.24, 2.45) is 0 Å². The Labute approximate surface area is 197 Å². The van der Waals surface area contributed by atoms with Crippen LogP contribution in [0.25, 0.3) is 11.4 Å². The Morgan fingerprint density at radius 2 is 1.76 bits per heavy atom. The predicted octanol–water partition coefficient (Wildman–Crippen LogP) is 2.59. The van der Waals surface area contributed by atoms with E-state index < -0.39 is 10.0 Å². The van der Waals surface area contributed by atoms with E-state index in [1.54, 1.807) is 11.0 Å². The molecule has 0 radical (unpaired) electrons. The first-order valence-corrected chi connectivity index (χ1v) is 13.4. The zero-order valence-corrected chi connectivity index (χ0v) is 19.7. The Balaban J connectivity index is 1.15. The number of H-pyrrole nitrogens is 1. The normalized spacial score (nSPS) is 16.7. The van der Waals surface area contributed by atoms with Crippen LogP contribution < -0.4 is 0 Å². The number of aromatic amines is 1. The molecule has 1 saturated heterocycles. The highest BCUT2D eigenvalue weighted by Gasteiger charge is 2.31. The molecule has 172 valence electrons. The van der Waals surface area contributed by atoms with Gasteiger partial charge in [-0.1, -0.05) is 48.2 Å². The maximum absolute atomic E-state index is 13.1. The van der Waals surface area contributed by atoms with Crippen LogP contribution >= 0.6 is 11.8 Å². The number of hydrogen-bond acceptors (Lipinski definition) is 6. The van der Waals surface area contributed by atoms with Crippen LogP contribution in [0.2, 0.25) is 0 Å². The first-order chi connectivity index (χ1) is 16.0. The fraction of sp³-hybridized carbons (Fsp3) is 0.348. The highest BCUT2D eigenvalue weighted by atomic mass is 32.2. The maximum Gasteiger partial charge on any atom is 0.243 e. The maximum atomic E-state index is 13.1. The number of rotatable bonds is 6. The number of sulfonamides is 1. The summed E-state index contributed by atoms with van der Waals surface area (Å²) in [6.45, 7) is 1.36. The molecule has 10 heteroatoms. The molecule has 1 aliphatic carbocycles. The van der Waals surface area contributed by atoms with Crippen molar-refractivity contribution in [2.45, 2.75) is 29.3 Å². The lowest BCUT2D eigenvalue weighted by molar-refractivity contribution is -0.129. The highest BCUT2D eigenvalue weighted by Crippen LogP contribution is 2.27. The van der Waals surface area contributed by atoms with Gasteiger partial charge < -0.3 is 4.90 Å². The number of piperazine rings is 1. The summed E-state index contributed by atoms with van der Waals surface area (Å²) in [7, 11) is -3.55. The standard InChI is InChI=1S/C23H25N5O3S2/c29-21(16-32-23-24-22(25-26-23)18-5-2-1-3-6-18)27-11-13-28(14-12-27)33(30,31)20-10-9-17-7-4-8-19(17)15-20/h1-3,5-6,9-10,15H,4,7-8,11-14,16H2,(H,24,25,26). The third-order valence-corrected chi connectivity index (χ3v) is 8.86. The Kier molecular flexibility index (Phi) is 6.22. The molecule has 3 aromatic rings. The highest BCUT2D eigenvalue weighted by molar-refractivity contribution is 7.99. The SMILES string of the molecule is O=C(CSc1n[nH]c(-c2ccccc2)n1)N1CCN(S(=O)(=O)c2ccc3c(c2)CCC3)CC1. The number of nitrogens with one attached hydrogen (secondary N) is 1. The molecule has 0 atom stereocenters. The minimum Gasteiger partial charge on any atom is -0.339 e. The van der Waals surface area contributed by atoms with Crippen molar-refractivity contribution in [3.05, 3.63) is 59.7 Å². The second-order valence-corrected chi connectivity index (χ2v) is 11.1. The summed E-state index contributed by atoms with van der Waals surface area (Å²) in [6.07, 6.45) is 3.05. The van der Waals surface area contributed by atoms with Crippen LogP contribution in [0, 0.1) is 0 Å². The van der Waals surface area contributed by atoms with E-state index in [1.807, 2.05) is 42.5 Å². The molecule has 0 spiro atoms. The van der Waals surface area contributed by atoms with Gasteiger partial charge in [0.2, 0.25) is 21.1 Å². The second kappa shape index (κ2) is 9.28. The number of thioether (sulfide) groups is 1. The molecule has 0 saturated carbocycles. The number of carbonyl (C=O) groups is 1. The summed E-state index contributed by atoms with van der Waals surface area (Å²) in [4.78, 5) is 19.2. The fourth-order valence-corrected chi connectivity index (χ4v) is 6.46. The van der Waals surface area contributed by atoms with Crippen LogP contribution in [0.15, 0.2) is 58.6 Å². The van der Waals surface area contributed by atoms with Gasteiger partial charge in [-0.05, 0) is 42.5 Å². The van der Waals surface area contributed by atoms with E-state index >= 15 is 0 Å². The van der Waals surface area contributed by atoms with Crippen molar-refractivity contribution in [3.63, 3.8) is 0 Å². The molecule has 0 unspecified atom stereocenters. The van der Waals surface area contributed by atoms with Gasteiger partial charge in [0.15, 0.2) is 5.82 Å². The van der Waals surface area contributed by atoms with Crippen LogP contribution in [0.4, 0.5) is 0 Å². The number of amides is 1. The average Bonchev–Trinajstić information content (AvgIpc) is 3.52. The molecule has 1 aromatic heterocycles. The monoisotopic (exact) mass is 483 g/mol. The van der Waals surface area contributed by atoms with E-state index in [9.17, 15) is 13.2 Å². The quantitative estimate of drug-likeness (QED) is 0.541. The Bertz CT molecular complexity index is 1250. The largest absolute Gasteiger partial charge is 0.339 e. The number of benzene rings is 2. The van der Waals surface area contributed by atoms with Crippen LogP contribution in [0.5, 0.6) is 0 Å². The summed E-state index contributed by atoms with van der Waals surface area (Å²) >= 11 is 1.28. The van der Waals surface area contributed by atoms with Gasteiger partial charge >= 0.3 is 0 Å². The molecule has 8 nitrogen and oxygen atoms in total. The molecular formula is C23H25N5O3S2. The lowest BCUT2D eigenvalue weighted by Gasteiger charge is -2.34. The summed E-state index contributed by atoms with van der Waals surface area (Å²) in [5.74, 6) is 0.834. The number of carbonyl (C=O) groups excluding carboxylic acids is 1. The molecule has 1 fully saturated rings. The smallest absolute Gasteiger partial charge is 0.243 e. The predicted molar refractivity (Wildman–Crippen MR) is 126 cm³/mol. The van der Waals surface area contributed by atoms with Gasteiger partial charge in [-0.2, -0.15) is 4.31 Å². The Hall–Kier alpha value is -2.69. The molecule has 2 heterocycles. The van der Waals surface area contributed by atoms with Gasteiger partial charge in [-0.25, -0.2) is 13.4 Å². The van der Waals surface area contributed by atoms with Crippen LogP contribution in [0.3, 0.4) is 0 Å². The first-order valence-electron chi connectivity index (χ1n) is 11.0. The van der Waals surface area contributed by atoms with Crippen LogP contribution in [-0.2, 0) is 27.7 Å². The number of fused-ring (bicyclic) bond motifs is 1. The number of aryl methyl sites for hydroxylation is 2. The van der Waals surface area contributed by atoms with E-state index in [0.29, 0.717) is 42.1 Å². The zero-order chi connectivity index (χ0) is 22.8. The first kappa shape index (κ1) is 22.1.